The molecule has 0 atom stereocenters. The van der Waals surface area contributed by atoms with Gasteiger partial charge in [-0.05, 0) is 29.3 Å². The zero-order valence-electron chi connectivity index (χ0n) is 10.5. The van der Waals surface area contributed by atoms with E-state index in [2.05, 4.69) is 9.72 Å². The van der Waals surface area contributed by atoms with Gasteiger partial charge in [-0.1, -0.05) is 23.7 Å². The summed E-state index contributed by atoms with van der Waals surface area (Å²) in [4.78, 5) is 3.35. The number of aromatic nitrogens is 1. The Morgan fingerprint density at radius 2 is 1.68 bits per heavy atom. The highest BCUT2D eigenvalue weighted by Crippen LogP contribution is 2.41. The highest BCUT2D eigenvalue weighted by atomic mass is 35.5. The number of alkyl halides is 6. The largest absolute Gasteiger partial charge is 0.573 e. The van der Waals surface area contributed by atoms with Crippen LogP contribution in [0.2, 0.25) is 5.15 Å². The minimum atomic E-state index is -4.94. The molecule has 22 heavy (non-hydrogen) atoms. The molecule has 0 amide bonds. The summed E-state index contributed by atoms with van der Waals surface area (Å²) in [5, 5.41) is -0.785. The maximum Gasteiger partial charge on any atom is 0.573 e. The summed E-state index contributed by atoms with van der Waals surface area (Å²) in [6, 6.07) is 5.19. The number of ether oxygens (including phenoxy) is 1. The third-order valence-electron chi connectivity index (χ3n) is 2.57. The monoisotopic (exact) mass is 341 g/mol. The third kappa shape index (κ3) is 3.82. The normalized spacial score (nSPS) is 12.3. The molecule has 2 aromatic rings. The van der Waals surface area contributed by atoms with Gasteiger partial charge in [-0.3, -0.25) is 0 Å². The van der Waals surface area contributed by atoms with Crippen LogP contribution in [0.25, 0.3) is 11.1 Å². The van der Waals surface area contributed by atoms with E-state index < -0.39 is 29.0 Å². The Kier molecular flexibility index (Phi) is 4.23. The predicted octanol–water partition coefficient (Wildman–Crippen LogP) is 5.32. The van der Waals surface area contributed by atoms with Crippen LogP contribution in [0.1, 0.15) is 5.56 Å². The van der Waals surface area contributed by atoms with Crippen LogP contribution in [-0.4, -0.2) is 11.3 Å². The standard InChI is InChI=1S/C13H6ClF6NO/c14-11-10(12(15,16)17)9(4-5-21-11)7-2-1-3-8(6-7)22-13(18,19)20/h1-6H. The van der Waals surface area contributed by atoms with E-state index >= 15 is 0 Å². The molecule has 0 bridgehead atoms. The molecule has 0 unspecified atom stereocenters. The summed E-state index contributed by atoms with van der Waals surface area (Å²) in [6.07, 6.45) is -8.72. The molecule has 1 heterocycles. The summed E-state index contributed by atoms with van der Waals surface area (Å²) in [7, 11) is 0. The zero-order chi connectivity index (χ0) is 16.5. The van der Waals surface area contributed by atoms with Crippen LogP contribution >= 0.6 is 11.6 Å². The Labute approximate surface area is 125 Å². The van der Waals surface area contributed by atoms with Crippen molar-refractivity contribution < 1.29 is 31.1 Å². The molecular formula is C13H6ClF6NO. The van der Waals surface area contributed by atoms with Crippen molar-refractivity contribution in [2.24, 2.45) is 0 Å². The van der Waals surface area contributed by atoms with Crippen molar-refractivity contribution in [2.75, 3.05) is 0 Å². The molecule has 2 rings (SSSR count). The Hall–Kier alpha value is -1.96. The molecule has 0 fully saturated rings. The lowest BCUT2D eigenvalue weighted by Crippen LogP contribution is -2.17. The average molecular weight is 342 g/mol. The maximum atomic E-state index is 13.0. The van der Waals surface area contributed by atoms with Crippen molar-refractivity contribution >= 4 is 11.6 Å². The SMILES string of the molecule is FC(F)(F)Oc1cccc(-c2ccnc(Cl)c2C(F)(F)F)c1. The summed E-state index contributed by atoms with van der Waals surface area (Å²) in [5.74, 6) is -0.633. The molecule has 2 nitrogen and oxygen atoms in total. The van der Waals surface area contributed by atoms with Crippen LogP contribution in [0.5, 0.6) is 5.75 Å². The number of hydrogen-bond acceptors (Lipinski definition) is 2. The van der Waals surface area contributed by atoms with E-state index in [1.807, 2.05) is 0 Å². The van der Waals surface area contributed by atoms with Crippen LogP contribution in [0.4, 0.5) is 26.3 Å². The van der Waals surface area contributed by atoms with Crippen LogP contribution < -0.4 is 4.74 Å². The average Bonchev–Trinajstić information content (AvgIpc) is 2.35. The van der Waals surface area contributed by atoms with Gasteiger partial charge in [0.25, 0.3) is 0 Å². The van der Waals surface area contributed by atoms with Crippen LogP contribution in [0.15, 0.2) is 36.5 Å². The molecule has 0 aliphatic heterocycles. The van der Waals surface area contributed by atoms with Crippen molar-refractivity contribution in [3.63, 3.8) is 0 Å². The molecule has 9 heteroatoms. The molecule has 0 aliphatic carbocycles. The first-order valence-corrected chi connectivity index (χ1v) is 6.03. The Morgan fingerprint density at radius 3 is 2.27 bits per heavy atom. The molecule has 0 spiro atoms. The van der Waals surface area contributed by atoms with Gasteiger partial charge < -0.3 is 4.74 Å². The van der Waals surface area contributed by atoms with Crippen molar-refractivity contribution in [1.29, 1.82) is 0 Å². The zero-order valence-corrected chi connectivity index (χ0v) is 11.2. The first-order chi connectivity index (χ1) is 10.1. The van der Waals surface area contributed by atoms with E-state index in [4.69, 9.17) is 11.6 Å². The summed E-state index contributed by atoms with van der Waals surface area (Å²) >= 11 is 5.47. The minimum absolute atomic E-state index is 0.127. The van der Waals surface area contributed by atoms with Gasteiger partial charge in [-0.2, -0.15) is 13.2 Å². The van der Waals surface area contributed by atoms with Crippen molar-refractivity contribution in [3.8, 4) is 16.9 Å². The lowest BCUT2D eigenvalue weighted by molar-refractivity contribution is -0.274. The summed E-state index contributed by atoms with van der Waals surface area (Å²) in [6.45, 7) is 0. The van der Waals surface area contributed by atoms with Crippen LogP contribution in [0, 0.1) is 0 Å². The van der Waals surface area contributed by atoms with E-state index in [1.54, 1.807) is 0 Å². The van der Waals surface area contributed by atoms with Gasteiger partial charge in [-0.15, -0.1) is 13.2 Å². The van der Waals surface area contributed by atoms with Gasteiger partial charge in [0.05, 0.1) is 0 Å². The highest BCUT2D eigenvalue weighted by Gasteiger charge is 2.37. The molecule has 0 N–H and O–H groups in total. The molecule has 1 aromatic heterocycles. The first-order valence-electron chi connectivity index (χ1n) is 5.66. The van der Waals surface area contributed by atoms with Gasteiger partial charge in [0, 0.05) is 6.20 Å². The smallest absolute Gasteiger partial charge is 0.406 e. The number of rotatable bonds is 2. The first kappa shape index (κ1) is 16.4. The minimum Gasteiger partial charge on any atom is -0.406 e. The van der Waals surface area contributed by atoms with Crippen molar-refractivity contribution in [2.45, 2.75) is 12.5 Å². The molecule has 118 valence electrons. The van der Waals surface area contributed by atoms with Gasteiger partial charge in [-0.25, -0.2) is 4.98 Å². The molecule has 1 aromatic carbocycles. The fraction of sp³-hybridized carbons (Fsp3) is 0.154. The van der Waals surface area contributed by atoms with Crippen LogP contribution in [0.3, 0.4) is 0 Å². The second-order valence-electron chi connectivity index (χ2n) is 4.10. The van der Waals surface area contributed by atoms with Gasteiger partial charge in [0.15, 0.2) is 0 Å². The Balaban J connectivity index is 2.54. The highest BCUT2D eigenvalue weighted by molar-refractivity contribution is 6.30. The topological polar surface area (TPSA) is 22.1 Å². The molecule has 0 radical (unpaired) electrons. The van der Waals surface area contributed by atoms with E-state index in [0.717, 1.165) is 30.5 Å². The van der Waals surface area contributed by atoms with Crippen molar-refractivity contribution in [3.05, 3.63) is 47.2 Å². The predicted molar refractivity (Wildman–Crippen MR) is 66.4 cm³/mol. The third-order valence-corrected chi connectivity index (χ3v) is 2.85. The Bertz CT molecular complexity index is 683. The summed E-state index contributed by atoms with van der Waals surface area (Å²) < 4.78 is 79.3. The number of nitrogens with zero attached hydrogens (tertiary/aromatic N) is 1. The number of halogens is 7. The van der Waals surface area contributed by atoms with Crippen molar-refractivity contribution in [1.82, 2.24) is 4.98 Å². The van der Waals surface area contributed by atoms with Crippen LogP contribution in [-0.2, 0) is 6.18 Å². The summed E-state index contributed by atoms with van der Waals surface area (Å²) in [5.41, 5.74) is -1.74. The molecular weight excluding hydrogens is 336 g/mol. The lowest BCUT2D eigenvalue weighted by atomic mass is 10.0. The molecule has 0 saturated carbocycles. The fourth-order valence-electron chi connectivity index (χ4n) is 1.81. The molecule has 0 saturated heterocycles. The van der Waals surface area contributed by atoms with E-state index in [9.17, 15) is 26.3 Å². The number of pyridine rings is 1. The number of hydrogen-bond donors (Lipinski definition) is 0. The maximum absolute atomic E-state index is 13.0. The van der Waals surface area contributed by atoms with E-state index in [1.165, 1.54) is 6.07 Å². The number of benzene rings is 1. The fourth-order valence-corrected chi connectivity index (χ4v) is 2.07. The lowest BCUT2D eigenvalue weighted by Gasteiger charge is -2.15. The van der Waals surface area contributed by atoms with Gasteiger partial charge in [0.2, 0.25) is 0 Å². The quantitative estimate of drug-likeness (QED) is 0.545. The van der Waals surface area contributed by atoms with E-state index in [-0.39, 0.29) is 11.1 Å². The molecule has 0 aliphatic rings. The second-order valence-corrected chi connectivity index (χ2v) is 4.46. The van der Waals surface area contributed by atoms with Gasteiger partial charge >= 0.3 is 12.5 Å². The Morgan fingerprint density at radius 1 is 1.00 bits per heavy atom. The van der Waals surface area contributed by atoms with Gasteiger partial charge in [0.1, 0.15) is 16.5 Å². The second kappa shape index (κ2) is 5.68. The van der Waals surface area contributed by atoms with E-state index in [0.29, 0.717) is 0 Å².